The number of hydrogen-bond donors (Lipinski definition) is 2. The van der Waals surface area contributed by atoms with E-state index in [1.54, 1.807) is 6.07 Å². The minimum absolute atomic E-state index is 0. The third kappa shape index (κ3) is 4.19. The summed E-state index contributed by atoms with van der Waals surface area (Å²) in [5.74, 6) is 0.247. The molecule has 0 amide bonds. The van der Waals surface area contributed by atoms with Gasteiger partial charge >= 0.3 is 0 Å². The maximum absolute atomic E-state index is 10.8. The van der Waals surface area contributed by atoms with E-state index in [4.69, 9.17) is 11.5 Å². The van der Waals surface area contributed by atoms with Crippen LogP contribution in [0.4, 0.5) is 11.4 Å². The maximum Gasteiger partial charge on any atom is 0.292 e. The van der Waals surface area contributed by atoms with Crippen LogP contribution >= 0.6 is 12.4 Å². The predicted octanol–water partition coefficient (Wildman–Crippen LogP) is 2.50. The van der Waals surface area contributed by atoms with Gasteiger partial charge < -0.3 is 11.5 Å². The van der Waals surface area contributed by atoms with E-state index in [0.29, 0.717) is 12.1 Å². The Bertz CT molecular complexity index is 659. The molecule has 0 aliphatic carbocycles. The summed E-state index contributed by atoms with van der Waals surface area (Å²) in [6.07, 6.45) is 0. The summed E-state index contributed by atoms with van der Waals surface area (Å²) in [6, 6.07) is 14.0. The van der Waals surface area contributed by atoms with Crippen molar-refractivity contribution >= 4 is 29.6 Å². The van der Waals surface area contributed by atoms with Crippen molar-refractivity contribution in [2.24, 2.45) is 10.7 Å². The van der Waals surface area contributed by atoms with Crippen molar-refractivity contribution in [2.45, 2.75) is 6.54 Å². The van der Waals surface area contributed by atoms with E-state index >= 15 is 0 Å². The highest BCUT2D eigenvalue weighted by molar-refractivity contribution is 5.98. The van der Waals surface area contributed by atoms with Crippen LogP contribution in [0.1, 0.15) is 11.1 Å². The maximum atomic E-state index is 10.8. The fourth-order valence-corrected chi connectivity index (χ4v) is 1.71. The third-order valence-corrected chi connectivity index (χ3v) is 2.80. The van der Waals surface area contributed by atoms with Crippen LogP contribution in [0.2, 0.25) is 0 Å². The fourth-order valence-electron chi connectivity index (χ4n) is 1.71. The molecule has 110 valence electrons. The molecular formula is C14H15ClN4O2. The van der Waals surface area contributed by atoms with E-state index in [1.165, 1.54) is 12.1 Å². The zero-order valence-corrected chi connectivity index (χ0v) is 11.9. The van der Waals surface area contributed by atoms with E-state index in [2.05, 4.69) is 4.99 Å². The SMILES string of the molecule is Cl.NC(=NCc1ccccc1)c1ccc(N)c([N+](=O)[O-])c1. The van der Waals surface area contributed by atoms with Crippen LogP contribution < -0.4 is 11.5 Å². The Morgan fingerprint density at radius 2 is 1.86 bits per heavy atom. The molecule has 0 aromatic heterocycles. The van der Waals surface area contributed by atoms with Gasteiger partial charge in [-0.3, -0.25) is 15.1 Å². The second-order valence-electron chi connectivity index (χ2n) is 4.22. The van der Waals surface area contributed by atoms with Crippen LogP contribution in [-0.4, -0.2) is 10.8 Å². The first-order chi connectivity index (χ1) is 9.58. The van der Waals surface area contributed by atoms with Gasteiger partial charge in [0, 0.05) is 11.6 Å². The van der Waals surface area contributed by atoms with E-state index in [0.717, 1.165) is 5.56 Å². The molecule has 0 bridgehead atoms. The van der Waals surface area contributed by atoms with Crippen molar-refractivity contribution in [1.29, 1.82) is 0 Å². The van der Waals surface area contributed by atoms with Gasteiger partial charge in [0.2, 0.25) is 0 Å². The number of hydrogen-bond acceptors (Lipinski definition) is 4. The van der Waals surface area contributed by atoms with Crippen molar-refractivity contribution < 1.29 is 4.92 Å². The Hall–Kier alpha value is -2.60. The van der Waals surface area contributed by atoms with E-state index in [1.807, 2.05) is 30.3 Å². The lowest BCUT2D eigenvalue weighted by Gasteiger charge is -2.03. The van der Waals surface area contributed by atoms with Gasteiger partial charge in [0.1, 0.15) is 11.5 Å². The molecule has 7 heteroatoms. The molecule has 0 unspecified atom stereocenters. The first-order valence-corrected chi connectivity index (χ1v) is 5.96. The summed E-state index contributed by atoms with van der Waals surface area (Å²) in [4.78, 5) is 14.5. The van der Waals surface area contributed by atoms with Crippen molar-refractivity contribution in [3.63, 3.8) is 0 Å². The van der Waals surface area contributed by atoms with Crippen molar-refractivity contribution in [3.05, 3.63) is 69.8 Å². The van der Waals surface area contributed by atoms with E-state index in [9.17, 15) is 10.1 Å². The van der Waals surface area contributed by atoms with Crippen LogP contribution in [0.15, 0.2) is 53.5 Å². The number of benzene rings is 2. The molecule has 0 saturated carbocycles. The molecule has 2 rings (SSSR count). The van der Waals surface area contributed by atoms with Gasteiger partial charge in [-0.15, -0.1) is 12.4 Å². The number of nitrogens with zero attached hydrogens (tertiary/aromatic N) is 2. The Morgan fingerprint density at radius 3 is 2.48 bits per heavy atom. The fraction of sp³-hybridized carbons (Fsp3) is 0.0714. The monoisotopic (exact) mass is 306 g/mol. The van der Waals surface area contributed by atoms with Gasteiger partial charge in [0.05, 0.1) is 11.5 Å². The number of nitro groups is 1. The number of nitro benzene ring substituents is 1. The van der Waals surface area contributed by atoms with Crippen molar-refractivity contribution in [1.82, 2.24) is 0 Å². The number of anilines is 1. The molecule has 2 aromatic rings. The van der Waals surface area contributed by atoms with Gasteiger partial charge in [-0.2, -0.15) is 0 Å². The highest BCUT2D eigenvalue weighted by Gasteiger charge is 2.13. The molecule has 0 radical (unpaired) electrons. The molecule has 0 heterocycles. The Balaban J connectivity index is 0.00000220. The van der Waals surface area contributed by atoms with Gasteiger partial charge in [-0.1, -0.05) is 30.3 Å². The van der Waals surface area contributed by atoms with Gasteiger partial charge in [0.15, 0.2) is 0 Å². The Morgan fingerprint density at radius 1 is 1.19 bits per heavy atom. The number of aliphatic imine (C=N–C) groups is 1. The smallest absolute Gasteiger partial charge is 0.292 e. The normalized spacial score (nSPS) is 10.8. The molecule has 0 fully saturated rings. The average molecular weight is 307 g/mol. The first kappa shape index (κ1) is 16.5. The van der Waals surface area contributed by atoms with Crippen LogP contribution in [0, 0.1) is 10.1 Å². The number of rotatable bonds is 4. The number of amidine groups is 1. The minimum Gasteiger partial charge on any atom is -0.393 e. The molecule has 4 N–H and O–H groups in total. The molecule has 0 aliphatic rings. The largest absolute Gasteiger partial charge is 0.393 e. The van der Waals surface area contributed by atoms with Gasteiger partial charge in [-0.25, -0.2) is 0 Å². The second kappa shape index (κ2) is 7.25. The Labute approximate surface area is 128 Å². The quantitative estimate of drug-likeness (QED) is 0.297. The standard InChI is InChI=1S/C14H14N4O2.ClH/c15-12-7-6-11(8-13(12)18(19)20)14(16)17-9-10-4-2-1-3-5-10;/h1-8H,9,15H2,(H2,16,17);1H. The molecule has 2 aromatic carbocycles. The average Bonchev–Trinajstić information content (AvgIpc) is 2.46. The summed E-state index contributed by atoms with van der Waals surface area (Å²) in [5, 5.41) is 10.8. The predicted molar refractivity (Wildman–Crippen MR) is 85.6 cm³/mol. The number of halogens is 1. The lowest BCUT2D eigenvalue weighted by molar-refractivity contribution is -0.383. The molecule has 21 heavy (non-hydrogen) atoms. The highest BCUT2D eigenvalue weighted by atomic mass is 35.5. The topological polar surface area (TPSA) is 108 Å². The van der Waals surface area contributed by atoms with Crippen LogP contribution in [0.3, 0.4) is 0 Å². The molecule has 0 saturated heterocycles. The zero-order valence-electron chi connectivity index (χ0n) is 11.1. The summed E-state index contributed by atoms with van der Waals surface area (Å²) in [7, 11) is 0. The molecule has 6 nitrogen and oxygen atoms in total. The van der Waals surface area contributed by atoms with E-state index < -0.39 is 4.92 Å². The summed E-state index contributed by atoms with van der Waals surface area (Å²) in [6.45, 7) is 0.421. The zero-order chi connectivity index (χ0) is 14.5. The third-order valence-electron chi connectivity index (χ3n) is 2.80. The summed E-state index contributed by atoms with van der Waals surface area (Å²) >= 11 is 0. The van der Waals surface area contributed by atoms with Gasteiger partial charge in [-0.05, 0) is 17.7 Å². The van der Waals surface area contributed by atoms with Crippen LogP contribution in [0.5, 0.6) is 0 Å². The van der Waals surface area contributed by atoms with Crippen molar-refractivity contribution in [2.75, 3.05) is 5.73 Å². The summed E-state index contributed by atoms with van der Waals surface area (Å²) < 4.78 is 0. The minimum atomic E-state index is -0.538. The Kier molecular flexibility index (Phi) is 5.68. The van der Waals surface area contributed by atoms with Crippen LogP contribution in [-0.2, 0) is 6.54 Å². The first-order valence-electron chi connectivity index (χ1n) is 5.96. The number of nitrogen functional groups attached to an aromatic ring is 1. The highest BCUT2D eigenvalue weighted by Crippen LogP contribution is 2.22. The number of nitrogens with two attached hydrogens (primary N) is 2. The molecule has 0 atom stereocenters. The lowest BCUT2D eigenvalue weighted by Crippen LogP contribution is -2.14. The van der Waals surface area contributed by atoms with Crippen molar-refractivity contribution in [3.8, 4) is 0 Å². The van der Waals surface area contributed by atoms with Gasteiger partial charge in [0.25, 0.3) is 5.69 Å². The molecule has 0 spiro atoms. The molecule has 0 aliphatic heterocycles. The second-order valence-corrected chi connectivity index (χ2v) is 4.22. The van der Waals surface area contributed by atoms with Crippen LogP contribution in [0.25, 0.3) is 0 Å². The van der Waals surface area contributed by atoms with E-state index in [-0.39, 0.29) is 29.6 Å². The summed E-state index contributed by atoms with van der Waals surface area (Å²) in [5.41, 5.74) is 12.8. The molecular weight excluding hydrogens is 292 g/mol. The lowest BCUT2D eigenvalue weighted by atomic mass is 10.1.